The molecule has 0 spiro atoms. The zero-order chi connectivity index (χ0) is 11.2. The van der Waals surface area contributed by atoms with Crippen molar-refractivity contribution < 1.29 is 4.79 Å². The largest absolute Gasteiger partial charge is 0.335 e. The summed E-state index contributed by atoms with van der Waals surface area (Å²) in [6.07, 6.45) is 1.17. The van der Waals surface area contributed by atoms with Crippen LogP contribution in [0.1, 0.15) is 34.1 Å². The molecule has 2 aliphatic heterocycles. The molecule has 0 unspecified atom stereocenters. The molecule has 1 N–H and O–H groups in total. The quantitative estimate of drug-likeness (QED) is 0.652. The second-order valence-electron chi connectivity index (χ2n) is 6.03. The van der Waals surface area contributed by atoms with Crippen molar-refractivity contribution in [2.75, 3.05) is 13.1 Å². The number of hydrogen-bond acceptors (Lipinski definition) is 2. The lowest BCUT2D eigenvalue weighted by molar-refractivity contribution is -0.142. The van der Waals surface area contributed by atoms with Crippen LogP contribution < -0.4 is 5.32 Å². The summed E-state index contributed by atoms with van der Waals surface area (Å²) in [7, 11) is 0. The predicted molar refractivity (Wildman–Crippen MR) is 60.5 cm³/mol. The van der Waals surface area contributed by atoms with E-state index in [1.807, 2.05) is 20.8 Å². The fourth-order valence-electron chi connectivity index (χ4n) is 2.90. The molecular weight excluding hydrogens is 188 g/mol. The lowest BCUT2D eigenvalue weighted by Crippen LogP contribution is -2.47. The highest BCUT2D eigenvalue weighted by Gasteiger charge is 2.46. The molecule has 0 aromatic carbocycles. The Hall–Kier alpha value is -0.570. The average molecular weight is 210 g/mol. The molecule has 3 nitrogen and oxygen atoms in total. The van der Waals surface area contributed by atoms with E-state index in [2.05, 4.69) is 17.1 Å². The Labute approximate surface area is 92.2 Å². The van der Waals surface area contributed by atoms with E-state index in [1.54, 1.807) is 0 Å². The average Bonchev–Trinajstić information content (AvgIpc) is 2.60. The fraction of sp³-hybridized carbons (Fsp3) is 0.917. The first-order chi connectivity index (χ1) is 6.91. The standard InChI is InChI=1S/C12H22N2O/c1-8-5-9-6-13-7-10(9)14(8)11(15)12(2,3)4/h8-10,13H,5-7H2,1-4H3/t8-,9+,10-/m0/s1. The van der Waals surface area contributed by atoms with E-state index >= 15 is 0 Å². The molecule has 0 bridgehead atoms. The van der Waals surface area contributed by atoms with E-state index in [0.717, 1.165) is 13.1 Å². The highest BCUT2D eigenvalue weighted by Crippen LogP contribution is 2.35. The van der Waals surface area contributed by atoms with Gasteiger partial charge in [0, 0.05) is 30.6 Å². The Bertz CT molecular complexity index is 269. The van der Waals surface area contributed by atoms with Crippen LogP contribution in [0.25, 0.3) is 0 Å². The molecule has 2 heterocycles. The lowest BCUT2D eigenvalue weighted by Gasteiger charge is -2.33. The van der Waals surface area contributed by atoms with Gasteiger partial charge in [-0.2, -0.15) is 0 Å². The summed E-state index contributed by atoms with van der Waals surface area (Å²) in [6, 6.07) is 0.876. The van der Waals surface area contributed by atoms with E-state index < -0.39 is 0 Å². The van der Waals surface area contributed by atoms with Gasteiger partial charge in [0.1, 0.15) is 0 Å². The number of likely N-dealkylation sites (tertiary alicyclic amines) is 1. The molecule has 2 aliphatic rings. The van der Waals surface area contributed by atoms with Crippen LogP contribution in [0.2, 0.25) is 0 Å². The Morgan fingerprint density at radius 1 is 1.33 bits per heavy atom. The van der Waals surface area contributed by atoms with Gasteiger partial charge in [-0.1, -0.05) is 20.8 Å². The van der Waals surface area contributed by atoms with Crippen molar-refractivity contribution >= 4 is 5.91 Å². The molecule has 0 radical (unpaired) electrons. The minimum Gasteiger partial charge on any atom is -0.335 e. The van der Waals surface area contributed by atoms with Gasteiger partial charge in [0.25, 0.3) is 0 Å². The van der Waals surface area contributed by atoms with Crippen LogP contribution in [0.5, 0.6) is 0 Å². The number of amides is 1. The molecule has 0 aromatic heterocycles. The summed E-state index contributed by atoms with van der Waals surface area (Å²) in [4.78, 5) is 14.4. The number of nitrogens with one attached hydrogen (secondary N) is 1. The molecule has 0 aromatic rings. The number of rotatable bonds is 0. The summed E-state index contributed by atoms with van der Waals surface area (Å²) in [5.74, 6) is 0.998. The van der Waals surface area contributed by atoms with Gasteiger partial charge in [0.05, 0.1) is 0 Å². The maximum Gasteiger partial charge on any atom is 0.228 e. The minimum atomic E-state index is -0.244. The van der Waals surface area contributed by atoms with Crippen LogP contribution in [0.4, 0.5) is 0 Å². The first-order valence-electron chi connectivity index (χ1n) is 5.94. The first-order valence-corrected chi connectivity index (χ1v) is 5.94. The van der Waals surface area contributed by atoms with Crippen molar-refractivity contribution in [2.24, 2.45) is 11.3 Å². The Morgan fingerprint density at radius 3 is 2.60 bits per heavy atom. The maximum absolute atomic E-state index is 12.3. The van der Waals surface area contributed by atoms with Crippen molar-refractivity contribution in [2.45, 2.75) is 46.2 Å². The van der Waals surface area contributed by atoms with Crippen LogP contribution in [0.15, 0.2) is 0 Å². The van der Waals surface area contributed by atoms with Crippen molar-refractivity contribution in [3.8, 4) is 0 Å². The van der Waals surface area contributed by atoms with Gasteiger partial charge >= 0.3 is 0 Å². The molecule has 0 aliphatic carbocycles. The predicted octanol–water partition coefficient (Wildman–Crippen LogP) is 1.24. The zero-order valence-corrected chi connectivity index (χ0v) is 10.2. The van der Waals surface area contributed by atoms with Gasteiger partial charge in [0.15, 0.2) is 0 Å². The number of carbonyl (C=O) groups is 1. The normalized spacial score (nSPS) is 35.7. The zero-order valence-electron chi connectivity index (χ0n) is 10.2. The maximum atomic E-state index is 12.3. The topological polar surface area (TPSA) is 32.3 Å². The molecule has 3 atom stereocenters. The highest BCUT2D eigenvalue weighted by molar-refractivity contribution is 5.82. The smallest absolute Gasteiger partial charge is 0.228 e. The number of carbonyl (C=O) groups excluding carboxylic acids is 1. The SMILES string of the molecule is C[C@H]1C[C@@H]2CNC[C@@H]2N1C(=O)C(C)(C)C. The van der Waals surface area contributed by atoms with Crippen molar-refractivity contribution in [1.29, 1.82) is 0 Å². The van der Waals surface area contributed by atoms with E-state index in [4.69, 9.17) is 0 Å². The van der Waals surface area contributed by atoms with Crippen LogP contribution >= 0.6 is 0 Å². The second-order valence-corrected chi connectivity index (χ2v) is 6.03. The van der Waals surface area contributed by atoms with Gasteiger partial charge in [-0.3, -0.25) is 4.79 Å². The van der Waals surface area contributed by atoms with E-state index in [-0.39, 0.29) is 5.41 Å². The van der Waals surface area contributed by atoms with Crippen molar-refractivity contribution in [3.63, 3.8) is 0 Å². The van der Waals surface area contributed by atoms with Gasteiger partial charge < -0.3 is 10.2 Å². The minimum absolute atomic E-state index is 0.244. The van der Waals surface area contributed by atoms with Crippen LogP contribution in [-0.4, -0.2) is 36.0 Å². The molecule has 1 amide bonds. The van der Waals surface area contributed by atoms with Gasteiger partial charge in [-0.15, -0.1) is 0 Å². The van der Waals surface area contributed by atoms with Gasteiger partial charge in [-0.05, 0) is 19.3 Å². The third-order valence-electron chi connectivity index (χ3n) is 3.66. The summed E-state index contributed by atoms with van der Waals surface area (Å²) in [6.45, 7) is 10.3. The molecule has 0 saturated carbocycles. The molecule has 3 heteroatoms. The summed E-state index contributed by atoms with van der Waals surface area (Å²) in [5, 5.41) is 3.39. The van der Waals surface area contributed by atoms with E-state index in [0.29, 0.717) is 23.9 Å². The summed E-state index contributed by atoms with van der Waals surface area (Å²) < 4.78 is 0. The summed E-state index contributed by atoms with van der Waals surface area (Å²) >= 11 is 0. The summed E-state index contributed by atoms with van der Waals surface area (Å²) in [5.41, 5.74) is -0.244. The lowest BCUT2D eigenvalue weighted by atomic mass is 9.94. The molecule has 15 heavy (non-hydrogen) atoms. The first kappa shape index (κ1) is 10.9. The number of hydrogen-bond donors (Lipinski definition) is 1. The third-order valence-corrected chi connectivity index (χ3v) is 3.66. The molecule has 2 saturated heterocycles. The highest BCUT2D eigenvalue weighted by atomic mass is 16.2. The fourth-order valence-corrected chi connectivity index (χ4v) is 2.90. The molecular formula is C12H22N2O. The van der Waals surface area contributed by atoms with E-state index in [1.165, 1.54) is 6.42 Å². The van der Waals surface area contributed by atoms with Crippen LogP contribution in [0, 0.1) is 11.3 Å². The van der Waals surface area contributed by atoms with Gasteiger partial charge in [-0.25, -0.2) is 0 Å². The molecule has 2 fully saturated rings. The van der Waals surface area contributed by atoms with Crippen LogP contribution in [-0.2, 0) is 4.79 Å². The van der Waals surface area contributed by atoms with E-state index in [9.17, 15) is 4.79 Å². The Balaban J connectivity index is 2.17. The Kier molecular flexibility index (Phi) is 2.53. The monoisotopic (exact) mass is 210 g/mol. The molecule has 2 rings (SSSR count). The van der Waals surface area contributed by atoms with Crippen LogP contribution in [0.3, 0.4) is 0 Å². The van der Waals surface area contributed by atoms with Gasteiger partial charge in [0.2, 0.25) is 5.91 Å². The van der Waals surface area contributed by atoms with Crippen molar-refractivity contribution in [1.82, 2.24) is 10.2 Å². The van der Waals surface area contributed by atoms with Crippen molar-refractivity contribution in [3.05, 3.63) is 0 Å². The second kappa shape index (κ2) is 3.48. The Morgan fingerprint density at radius 2 is 2.00 bits per heavy atom. The number of nitrogens with zero attached hydrogens (tertiary/aromatic N) is 1. The molecule has 86 valence electrons. The third kappa shape index (κ3) is 1.78. The number of fused-ring (bicyclic) bond motifs is 1.